The number of benzene rings is 1. The molecule has 0 N–H and O–H groups in total. The highest BCUT2D eigenvalue weighted by atomic mass is 32.2. The lowest BCUT2D eigenvalue weighted by molar-refractivity contribution is 0.116. The minimum atomic E-state index is -3.31. The Morgan fingerprint density at radius 3 is 2.34 bits per heavy atom. The molecule has 0 amide bonds. The highest BCUT2D eigenvalue weighted by Crippen LogP contribution is 2.32. The summed E-state index contributed by atoms with van der Waals surface area (Å²) in [7, 11) is -1.71. The molecule has 1 saturated carbocycles. The van der Waals surface area contributed by atoms with E-state index in [1.54, 1.807) is 7.05 Å². The van der Waals surface area contributed by atoms with Crippen molar-refractivity contribution in [2.45, 2.75) is 43.8 Å². The fourth-order valence-electron chi connectivity index (χ4n) is 3.39. The third-order valence-electron chi connectivity index (χ3n) is 5.41. The van der Waals surface area contributed by atoms with Crippen LogP contribution in [-0.4, -0.2) is 51.7 Å². The van der Waals surface area contributed by atoms with Gasteiger partial charge in [0.15, 0.2) is 0 Å². The van der Waals surface area contributed by atoms with Gasteiger partial charge in [0.05, 0.1) is 10.8 Å². The SMILES string of the molecule is Cc1ccc(C(Cc2ncc(-c3nnc(C(F)F)o3)cn2)CN(C)S(=O)(=O)C2CC2)cc1. The lowest BCUT2D eigenvalue weighted by Gasteiger charge is -2.24. The fraction of sp³-hybridized carbons (Fsp3) is 0.429. The van der Waals surface area contributed by atoms with Crippen LogP contribution in [0.2, 0.25) is 0 Å². The quantitative estimate of drug-likeness (QED) is 0.478. The second-order valence-electron chi connectivity index (χ2n) is 7.97. The lowest BCUT2D eigenvalue weighted by Crippen LogP contribution is -2.34. The molecule has 0 spiro atoms. The fourth-order valence-corrected chi connectivity index (χ4v) is 5.02. The predicted molar refractivity (Wildman–Crippen MR) is 112 cm³/mol. The van der Waals surface area contributed by atoms with Crippen LogP contribution in [0, 0.1) is 6.92 Å². The van der Waals surface area contributed by atoms with Crippen LogP contribution in [0.4, 0.5) is 8.78 Å². The predicted octanol–water partition coefficient (Wildman–Crippen LogP) is 3.52. The lowest BCUT2D eigenvalue weighted by atomic mass is 9.94. The van der Waals surface area contributed by atoms with Gasteiger partial charge in [0, 0.05) is 38.3 Å². The molecule has 4 rings (SSSR count). The second kappa shape index (κ2) is 8.99. The number of hydrogen-bond acceptors (Lipinski definition) is 7. The van der Waals surface area contributed by atoms with E-state index in [1.165, 1.54) is 16.7 Å². The zero-order chi connectivity index (χ0) is 22.9. The number of rotatable bonds is 9. The maximum Gasteiger partial charge on any atom is 0.314 e. The molecule has 170 valence electrons. The van der Waals surface area contributed by atoms with Crippen LogP contribution < -0.4 is 0 Å². The van der Waals surface area contributed by atoms with E-state index in [0.29, 0.717) is 37.2 Å². The summed E-state index contributed by atoms with van der Waals surface area (Å²) < 4.78 is 56.9. The number of nitrogens with zero attached hydrogens (tertiary/aromatic N) is 5. The van der Waals surface area contributed by atoms with Crippen LogP contribution in [0.25, 0.3) is 11.5 Å². The first-order valence-electron chi connectivity index (χ1n) is 10.2. The normalized spacial score (nSPS) is 15.4. The van der Waals surface area contributed by atoms with E-state index in [0.717, 1.165) is 11.1 Å². The minimum absolute atomic E-state index is 0.0859. The zero-order valence-corrected chi connectivity index (χ0v) is 18.5. The van der Waals surface area contributed by atoms with Crippen molar-refractivity contribution in [1.29, 1.82) is 0 Å². The standard InChI is InChI=1S/C21H23F2N5O3S/c1-13-3-5-14(6-4-13)15(12-28(2)32(29,30)17-7-8-17)9-18-24-10-16(11-25-18)20-26-27-21(31-20)19(22)23/h3-6,10-11,15,17,19H,7-9,12H2,1-2H3. The van der Waals surface area contributed by atoms with Gasteiger partial charge >= 0.3 is 6.43 Å². The van der Waals surface area contributed by atoms with Crippen molar-refractivity contribution in [2.75, 3.05) is 13.6 Å². The van der Waals surface area contributed by atoms with Crippen molar-refractivity contribution < 1.29 is 21.6 Å². The number of hydrogen-bond donors (Lipinski definition) is 0. The molecule has 2 aromatic heterocycles. The van der Waals surface area contributed by atoms with Crippen molar-refractivity contribution in [3.63, 3.8) is 0 Å². The van der Waals surface area contributed by atoms with Gasteiger partial charge in [0.1, 0.15) is 5.82 Å². The molecule has 0 saturated heterocycles. The molecule has 11 heteroatoms. The summed E-state index contributed by atoms with van der Waals surface area (Å²) in [6.07, 6.45) is 1.82. The van der Waals surface area contributed by atoms with Crippen LogP contribution in [-0.2, 0) is 16.4 Å². The van der Waals surface area contributed by atoms with Crippen LogP contribution >= 0.6 is 0 Å². The topological polar surface area (TPSA) is 102 Å². The van der Waals surface area contributed by atoms with Crippen molar-refractivity contribution in [3.05, 3.63) is 59.5 Å². The Hall–Kier alpha value is -2.79. The molecule has 1 aliphatic carbocycles. The molecule has 1 aromatic carbocycles. The van der Waals surface area contributed by atoms with Gasteiger partial charge in [-0.05, 0) is 25.3 Å². The molecule has 1 fully saturated rings. The maximum absolute atomic E-state index is 12.7. The van der Waals surface area contributed by atoms with Gasteiger partial charge in [0.25, 0.3) is 11.8 Å². The van der Waals surface area contributed by atoms with Crippen molar-refractivity contribution >= 4 is 10.0 Å². The van der Waals surface area contributed by atoms with E-state index in [2.05, 4.69) is 20.2 Å². The molecule has 0 radical (unpaired) electrons. The van der Waals surface area contributed by atoms with Gasteiger partial charge in [-0.15, -0.1) is 10.2 Å². The molecule has 0 aliphatic heterocycles. The van der Waals surface area contributed by atoms with Gasteiger partial charge in [-0.2, -0.15) is 8.78 Å². The maximum atomic E-state index is 12.7. The largest absolute Gasteiger partial charge is 0.415 e. The average molecular weight is 464 g/mol. The van der Waals surface area contributed by atoms with Crippen LogP contribution in [0.3, 0.4) is 0 Å². The monoisotopic (exact) mass is 463 g/mol. The summed E-state index contributed by atoms with van der Waals surface area (Å²) >= 11 is 0. The summed E-state index contributed by atoms with van der Waals surface area (Å²) in [4.78, 5) is 8.63. The molecule has 1 unspecified atom stereocenters. The molecule has 8 nitrogen and oxygen atoms in total. The summed E-state index contributed by atoms with van der Waals surface area (Å²) in [6.45, 7) is 2.29. The van der Waals surface area contributed by atoms with Gasteiger partial charge in [0.2, 0.25) is 10.0 Å². The number of aromatic nitrogens is 4. The van der Waals surface area contributed by atoms with E-state index in [4.69, 9.17) is 4.42 Å². The molecule has 32 heavy (non-hydrogen) atoms. The van der Waals surface area contributed by atoms with Crippen LogP contribution in [0.1, 0.15) is 48.0 Å². The van der Waals surface area contributed by atoms with E-state index in [9.17, 15) is 17.2 Å². The van der Waals surface area contributed by atoms with Crippen LogP contribution in [0.5, 0.6) is 0 Å². The Morgan fingerprint density at radius 2 is 1.78 bits per heavy atom. The molecular weight excluding hydrogens is 440 g/mol. The van der Waals surface area contributed by atoms with Gasteiger partial charge in [-0.3, -0.25) is 0 Å². The number of aryl methyl sites for hydroxylation is 1. The summed E-state index contributed by atoms with van der Waals surface area (Å²) in [5.41, 5.74) is 2.42. The number of likely N-dealkylation sites (N-methyl/N-ethyl adjacent to an activating group) is 1. The van der Waals surface area contributed by atoms with E-state index in [1.807, 2.05) is 31.2 Å². The Labute approximate surface area is 184 Å². The zero-order valence-electron chi connectivity index (χ0n) is 17.6. The first kappa shape index (κ1) is 22.4. The highest BCUT2D eigenvalue weighted by Gasteiger charge is 2.39. The first-order valence-corrected chi connectivity index (χ1v) is 11.7. The van der Waals surface area contributed by atoms with E-state index in [-0.39, 0.29) is 17.1 Å². The van der Waals surface area contributed by atoms with Crippen molar-refractivity contribution in [1.82, 2.24) is 24.5 Å². The smallest absolute Gasteiger partial charge is 0.314 e. The molecular formula is C21H23F2N5O3S. The number of halogens is 2. The molecule has 3 aromatic rings. The highest BCUT2D eigenvalue weighted by molar-refractivity contribution is 7.90. The molecule has 2 heterocycles. The Kier molecular flexibility index (Phi) is 6.29. The molecule has 1 atom stereocenters. The minimum Gasteiger partial charge on any atom is -0.415 e. The number of sulfonamides is 1. The summed E-state index contributed by atoms with van der Waals surface area (Å²) in [5.74, 6) is -0.514. The second-order valence-corrected chi connectivity index (χ2v) is 10.3. The summed E-state index contributed by atoms with van der Waals surface area (Å²) in [6, 6.07) is 7.93. The number of alkyl halides is 2. The van der Waals surface area contributed by atoms with Gasteiger partial charge in [-0.1, -0.05) is 29.8 Å². The Morgan fingerprint density at radius 1 is 1.12 bits per heavy atom. The van der Waals surface area contributed by atoms with Crippen LogP contribution in [0.15, 0.2) is 41.1 Å². The molecule has 1 aliphatic rings. The van der Waals surface area contributed by atoms with Crippen molar-refractivity contribution in [2.24, 2.45) is 0 Å². The third-order valence-corrected chi connectivity index (χ3v) is 7.75. The van der Waals surface area contributed by atoms with E-state index < -0.39 is 22.3 Å². The van der Waals surface area contributed by atoms with Crippen molar-refractivity contribution in [3.8, 4) is 11.5 Å². The Bertz CT molecular complexity index is 1160. The van der Waals surface area contributed by atoms with Gasteiger partial charge < -0.3 is 4.42 Å². The molecule has 0 bridgehead atoms. The van der Waals surface area contributed by atoms with E-state index >= 15 is 0 Å². The summed E-state index contributed by atoms with van der Waals surface area (Å²) in [5, 5.41) is 6.61. The van der Waals surface area contributed by atoms with Gasteiger partial charge in [-0.25, -0.2) is 22.7 Å². The average Bonchev–Trinajstić information content (AvgIpc) is 3.52. The Balaban J connectivity index is 1.54. The first-order chi connectivity index (χ1) is 15.2. The third kappa shape index (κ3) is 4.99.